The maximum absolute atomic E-state index is 11.3. The Hall–Kier alpha value is -1.97. The molecule has 8 nitrogen and oxygen atoms in total. The number of esters is 1. The predicted octanol–water partition coefficient (Wildman–Crippen LogP) is -0.591. The summed E-state index contributed by atoms with van der Waals surface area (Å²) in [5.74, 6) is -0.0383. The van der Waals surface area contributed by atoms with Crippen LogP contribution in [0.2, 0.25) is 0 Å². The summed E-state index contributed by atoms with van der Waals surface area (Å²) in [6.07, 6.45) is -3.32. The number of carbonyl (C=O) groups excluding carboxylic acids is 1. The molecule has 0 saturated carbocycles. The van der Waals surface area contributed by atoms with E-state index in [1.54, 1.807) is 30.3 Å². The van der Waals surface area contributed by atoms with E-state index in [4.69, 9.17) is 14.2 Å². The van der Waals surface area contributed by atoms with Crippen molar-refractivity contribution >= 4 is 5.97 Å². The second kappa shape index (κ2) is 7.51. The zero-order valence-corrected chi connectivity index (χ0v) is 13.3. The summed E-state index contributed by atoms with van der Waals surface area (Å²) in [5.41, 5.74) is 0.791. The monoisotopic (exact) mass is 352 g/mol. The maximum Gasteiger partial charge on any atom is 0.331 e. The van der Waals surface area contributed by atoms with E-state index in [0.717, 1.165) is 5.56 Å². The molecule has 1 aromatic carbocycles. The lowest BCUT2D eigenvalue weighted by Gasteiger charge is -2.39. The summed E-state index contributed by atoms with van der Waals surface area (Å²) in [4.78, 5) is 11.3. The SMILES string of the molecule is O=C1C=CC[C@@H](c2ccc(O[C@@H]3O[C@H](CO)[C@@H](O)[C@H](O)[C@H]3O)cc2)O1. The third-order valence-corrected chi connectivity index (χ3v) is 4.22. The second-order valence-electron chi connectivity index (χ2n) is 5.95. The van der Waals surface area contributed by atoms with Crippen molar-refractivity contribution in [1.82, 2.24) is 0 Å². The molecule has 0 aliphatic carbocycles. The van der Waals surface area contributed by atoms with Crippen LogP contribution >= 0.6 is 0 Å². The minimum Gasteiger partial charge on any atom is -0.462 e. The van der Waals surface area contributed by atoms with Crippen LogP contribution < -0.4 is 4.74 Å². The van der Waals surface area contributed by atoms with Gasteiger partial charge in [0.1, 0.15) is 36.3 Å². The maximum atomic E-state index is 11.3. The van der Waals surface area contributed by atoms with E-state index >= 15 is 0 Å². The molecule has 25 heavy (non-hydrogen) atoms. The number of hydrogen-bond acceptors (Lipinski definition) is 8. The summed E-state index contributed by atoms with van der Waals surface area (Å²) >= 11 is 0. The van der Waals surface area contributed by atoms with Gasteiger partial charge in [0.25, 0.3) is 0 Å². The molecule has 0 bridgehead atoms. The zero-order chi connectivity index (χ0) is 18.0. The average Bonchev–Trinajstić information content (AvgIpc) is 2.63. The minimum absolute atomic E-state index is 0.353. The highest BCUT2D eigenvalue weighted by atomic mass is 16.7. The Labute approximate surface area is 143 Å². The topological polar surface area (TPSA) is 126 Å². The molecule has 3 rings (SSSR count). The smallest absolute Gasteiger partial charge is 0.331 e. The van der Waals surface area contributed by atoms with E-state index in [0.29, 0.717) is 12.2 Å². The summed E-state index contributed by atoms with van der Waals surface area (Å²) in [5, 5.41) is 38.6. The zero-order valence-electron chi connectivity index (χ0n) is 13.3. The van der Waals surface area contributed by atoms with Crippen molar-refractivity contribution in [2.45, 2.75) is 43.2 Å². The summed E-state index contributed by atoms with van der Waals surface area (Å²) in [7, 11) is 0. The van der Waals surface area contributed by atoms with Gasteiger partial charge < -0.3 is 34.6 Å². The fraction of sp³-hybridized carbons (Fsp3) is 0.471. The van der Waals surface area contributed by atoms with Crippen LogP contribution in [0.15, 0.2) is 36.4 Å². The van der Waals surface area contributed by atoms with Crippen molar-refractivity contribution < 1.29 is 39.4 Å². The lowest BCUT2D eigenvalue weighted by Crippen LogP contribution is -2.60. The van der Waals surface area contributed by atoms with E-state index in [9.17, 15) is 25.2 Å². The van der Waals surface area contributed by atoms with Crippen LogP contribution in [0.4, 0.5) is 0 Å². The molecule has 1 aromatic rings. The number of rotatable bonds is 4. The van der Waals surface area contributed by atoms with Crippen LogP contribution in [0.1, 0.15) is 18.1 Å². The molecule has 136 valence electrons. The molecule has 0 amide bonds. The molecular weight excluding hydrogens is 332 g/mol. The fourth-order valence-electron chi connectivity index (χ4n) is 2.78. The first-order valence-electron chi connectivity index (χ1n) is 7.94. The minimum atomic E-state index is -1.50. The van der Waals surface area contributed by atoms with Gasteiger partial charge in [-0.05, 0) is 17.7 Å². The molecule has 6 atom stereocenters. The molecule has 0 spiro atoms. The van der Waals surface area contributed by atoms with Crippen LogP contribution in [-0.2, 0) is 14.3 Å². The van der Waals surface area contributed by atoms with Gasteiger partial charge in [0, 0.05) is 12.5 Å². The summed E-state index contributed by atoms with van der Waals surface area (Å²) < 4.78 is 16.0. The lowest BCUT2D eigenvalue weighted by molar-refractivity contribution is -0.277. The van der Waals surface area contributed by atoms with Crippen molar-refractivity contribution in [2.75, 3.05) is 6.61 Å². The quantitative estimate of drug-likeness (QED) is 0.530. The molecule has 2 aliphatic rings. The summed E-state index contributed by atoms with van der Waals surface area (Å²) in [6, 6.07) is 6.67. The van der Waals surface area contributed by atoms with Crippen LogP contribution in [0.3, 0.4) is 0 Å². The van der Waals surface area contributed by atoms with Crippen molar-refractivity contribution in [3.8, 4) is 5.75 Å². The van der Waals surface area contributed by atoms with Crippen LogP contribution in [0, 0.1) is 0 Å². The number of aliphatic hydroxyl groups excluding tert-OH is 4. The Morgan fingerprint density at radius 2 is 1.80 bits per heavy atom. The van der Waals surface area contributed by atoms with Gasteiger partial charge in [0.15, 0.2) is 0 Å². The molecular formula is C17H20O8. The van der Waals surface area contributed by atoms with Gasteiger partial charge >= 0.3 is 5.97 Å². The molecule has 0 unspecified atom stereocenters. The van der Waals surface area contributed by atoms with E-state index in [1.165, 1.54) is 6.08 Å². The average molecular weight is 352 g/mol. The number of ether oxygens (including phenoxy) is 3. The summed E-state index contributed by atoms with van der Waals surface area (Å²) in [6.45, 7) is -0.524. The van der Waals surface area contributed by atoms with Crippen molar-refractivity contribution in [1.29, 1.82) is 0 Å². The number of hydrogen-bond donors (Lipinski definition) is 4. The second-order valence-corrected chi connectivity index (χ2v) is 5.95. The predicted molar refractivity (Wildman–Crippen MR) is 83.4 cm³/mol. The first-order chi connectivity index (χ1) is 12.0. The lowest BCUT2D eigenvalue weighted by atomic mass is 9.99. The van der Waals surface area contributed by atoms with E-state index in [-0.39, 0.29) is 6.10 Å². The van der Waals surface area contributed by atoms with E-state index in [2.05, 4.69) is 0 Å². The Bertz CT molecular complexity index is 626. The first-order valence-corrected chi connectivity index (χ1v) is 7.94. The van der Waals surface area contributed by atoms with Gasteiger partial charge in [0.05, 0.1) is 6.61 Å². The van der Waals surface area contributed by atoms with Crippen molar-refractivity contribution in [3.05, 3.63) is 42.0 Å². The number of benzene rings is 1. The van der Waals surface area contributed by atoms with Gasteiger partial charge in [-0.3, -0.25) is 0 Å². The number of cyclic esters (lactones) is 1. The first kappa shape index (κ1) is 17.8. The number of carbonyl (C=O) groups is 1. The number of aliphatic hydroxyl groups is 4. The largest absolute Gasteiger partial charge is 0.462 e. The highest BCUT2D eigenvalue weighted by Crippen LogP contribution is 2.28. The molecule has 1 saturated heterocycles. The highest BCUT2D eigenvalue weighted by Gasteiger charge is 2.44. The molecule has 1 fully saturated rings. The fourth-order valence-corrected chi connectivity index (χ4v) is 2.78. The van der Waals surface area contributed by atoms with Crippen molar-refractivity contribution in [2.24, 2.45) is 0 Å². The molecule has 0 radical (unpaired) electrons. The Balaban J connectivity index is 1.66. The molecule has 8 heteroatoms. The Morgan fingerprint density at radius 1 is 1.08 bits per heavy atom. The van der Waals surface area contributed by atoms with Crippen LogP contribution in [-0.4, -0.2) is 63.7 Å². The Kier molecular flexibility index (Phi) is 5.36. The van der Waals surface area contributed by atoms with Crippen molar-refractivity contribution in [3.63, 3.8) is 0 Å². The molecule has 2 heterocycles. The normalized spacial score (nSPS) is 35.3. The molecule has 2 aliphatic heterocycles. The van der Waals surface area contributed by atoms with Crippen LogP contribution in [0.5, 0.6) is 5.75 Å². The third kappa shape index (κ3) is 3.83. The van der Waals surface area contributed by atoms with Gasteiger partial charge in [-0.15, -0.1) is 0 Å². The van der Waals surface area contributed by atoms with Gasteiger partial charge in [-0.2, -0.15) is 0 Å². The van der Waals surface area contributed by atoms with E-state index < -0.39 is 43.3 Å². The van der Waals surface area contributed by atoms with Crippen LogP contribution in [0.25, 0.3) is 0 Å². The van der Waals surface area contributed by atoms with Gasteiger partial charge in [-0.1, -0.05) is 18.2 Å². The third-order valence-electron chi connectivity index (χ3n) is 4.22. The van der Waals surface area contributed by atoms with Gasteiger partial charge in [-0.25, -0.2) is 4.79 Å². The highest BCUT2D eigenvalue weighted by molar-refractivity contribution is 5.82. The molecule has 4 N–H and O–H groups in total. The van der Waals surface area contributed by atoms with Gasteiger partial charge in [0.2, 0.25) is 6.29 Å². The molecule has 0 aromatic heterocycles. The standard InChI is InChI=1S/C17H20O8/c18-8-12-14(20)15(21)16(22)17(25-12)23-10-6-4-9(5-7-10)11-2-1-3-13(19)24-11/h1,3-7,11-12,14-18,20-22H,2,8H2/t11-,12+,14+,15-,16+,17+/m0/s1. The Morgan fingerprint density at radius 3 is 2.44 bits per heavy atom. The van der Waals surface area contributed by atoms with E-state index in [1.807, 2.05) is 0 Å².